The van der Waals surface area contributed by atoms with E-state index in [1.54, 1.807) is 35.8 Å². The fourth-order valence-corrected chi connectivity index (χ4v) is 2.46. The van der Waals surface area contributed by atoms with Crippen molar-refractivity contribution < 1.29 is 13.6 Å². The summed E-state index contributed by atoms with van der Waals surface area (Å²) in [7, 11) is 0. The Bertz CT molecular complexity index is 922. The standard InChI is InChI=1S/C17H10FN3O2S/c18-13-3-1-11(2-4-13)15-6-5-14(23-15)9-12(10-19)16(22)21-17-20-7-8-24-17/h1-9H,(H,20,21,22)/b12-9+. The highest BCUT2D eigenvalue weighted by Crippen LogP contribution is 2.24. The van der Waals surface area contributed by atoms with E-state index in [0.717, 1.165) is 0 Å². The van der Waals surface area contributed by atoms with E-state index in [1.165, 1.54) is 29.5 Å². The number of hydrogen-bond acceptors (Lipinski definition) is 5. The molecule has 1 amide bonds. The van der Waals surface area contributed by atoms with Gasteiger partial charge >= 0.3 is 0 Å². The third-order valence-corrected chi connectivity index (χ3v) is 3.75. The Hall–Kier alpha value is -3.24. The van der Waals surface area contributed by atoms with Gasteiger partial charge in [0, 0.05) is 23.2 Å². The Kier molecular flexibility index (Phi) is 4.50. The smallest absolute Gasteiger partial charge is 0.268 e. The van der Waals surface area contributed by atoms with Crippen LogP contribution < -0.4 is 5.32 Å². The van der Waals surface area contributed by atoms with Crippen LogP contribution in [0.1, 0.15) is 5.76 Å². The lowest BCUT2D eigenvalue weighted by atomic mass is 10.2. The molecule has 5 nitrogen and oxygen atoms in total. The Balaban J connectivity index is 1.80. The number of rotatable bonds is 4. The molecule has 0 saturated heterocycles. The minimum absolute atomic E-state index is 0.106. The number of nitrogens with one attached hydrogen (secondary N) is 1. The van der Waals surface area contributed by atoms with Crippen LogP contribution in [0, 0.1) is 17.1 Å². The minimum atomic E-state index is -0.563. The average Bonchev–Trinajstić information content (AvgIpc) is 3.25. The van der Waals surface area contributed by atoms with Gasteiger partial charge in [-0.2, -0.15) is 5.26 Å². The number of aromatic nitrogens is 1. The van der Waals surface area contributed by atoms with E-state index in [2.05, 4.69) is 10.3 Å². The first-order valence-electron chi connectivity index (χ1n) is 6.84. The number of nitriles is 1. The largest absolute Gasteiger partial charge is 0.457 e. The molecule has 0 aliphatic heterocycles. The predicted octanol–water partition coefficient (Wildman–Crippen LogP) is 4.09. The summed E-state index contributed by atoms with van der Waals surface area (Å²) < 4.78 is 18.5. The van der Waals surface area contributed by atoms with Crippen LogP contribution in [0.4, 0.5) is 9.52 Å². The Morgan fingerprint density at radius 3 is 2.75 bits per heavy atom. The molecule has 2 aromatic heterocycles. The first-order valence-corrected chi connectivity index (χ1v) is 7.72. The van der Waals surface area contributed by atoms with Crippen molar-refractivity contribution in [3.8, 4) is 17.4 Å². The first kappa shape index (κ1) is 15.6. The van der Waals surface area contributed by atoms with Gasteiger partial charge in [0.1, 0.15) is 29.0 Å². The maximum atomic E-state index is 12.9. The van der Waals surface area contributed by atoms with Crippen LogP contribution in [0.5, 0.6) is 0 Å². The monoisotopic (exact) mass is 339 g/mol. The van der Waals surface area contributed by atoms with Crippen LogP contribution in [0.25, 0.3) is 17.4 Å². The summed E-state index contributed by atoms with van der Waals surface area (Å²) in [4.78, 5) is 16.0. The third-order valence-electron chi connectivity index (χ3n) is 3.06. The van der Waals surface area contributed by atoms with E-state index >= 15 is 0 Å². The molecule has 118 valence electrons. The number of furan rings is 1. The summed E-state index contributed by atoms with van der Waals surface area (Å²) in [6.07, 6.45) is 2.90. The van der Waals surface area contributed by atoms with Gasteiger partial charge in [-0.1, -0.05) is 0 Å². The molecule has 0 atom stereocenters. The summed E-state index contributed by atoms with van der Waals surface area (Å²) >= 11 is 1.25. The lowest BCUT2D eigenvalue weighted by molar-refractivity contribution is -0.112. The zero-order valence-corrected chi connectivity index (χ0v) is 13.0. The summed E-state index contributed by atoms with van der Waals surface area (Å²) in [6.45, 7) is 0. The molecule has 0 aliphatic carbocycles. The summed E-state index contributed by atoms with van der Waals surface area (Å²) in [5.74, 6) is -0.0396. The Morgan fingerprint density at radius 2 is 2.08 bits per heavy atom. The molecule has 2 heterocycles. The highest BCUT2D eigenvalue weighted by atomic mass is 32.1. The van der Waals surface area contributed by atoms with Gasteiger partial charge in [0.25, 0.3) is 5.91 Å². The van der Waals surface area contributed by atoms with Crippen molar-refractivity contribution >= 4 is 28.5 Å². The molecule has 0 spiro atoms. The molecule has 24 heavy (non-hydrogen) atoms. The van der Waals surface area contributed by atoms with E-state index in [1.807, 2.05) is 6.07 Å². The highest BCUT2D eigenvalue weighted by Gasteiger charge is 2.12. The molecule has 7 heteroatoms. The fraction of sp³-hybridized carbons (Fsp3) is 0. The highest BCUT2D eigenvalue weighted by molar-refractivity contribution is 7.13. The van der Waals surface area contributed by atoms with Gasteiger partial charge in [0.15, 0.2) is 5.13 Å². The number of halogens is 1. The molecule has 3 rings (SSSR count). The van der Waals surface area contributed by atoms with Gasteiger partial charge in [-0.25, -0.2) is 9.37 Å². The zero-order chi connectivity index (χ0) is 16.9. The van der Waals surface area contributed by atoms with Crippen molar-refractivity contribution in [2.24, 2.45) is 0 Å². The molecule has 0 aliphatic rings. The molecule has 0 saturated carbocycles. The second-order valence-electron chi connectivity index (χ2n) is 4.67. The molecule has 3 aromatic rings. The van der Waals surface area contributed by atoms with Gasteiger partial charge in [0.05, 0.1) is 0 Å². The van der Waals surface area contributed by atoms with Crippen molar-refractivity contribution in [3.05, 3.63) is 65.1 Å². The number of carbonyl (C=O) groups excluding carboxylic acids is 1. The second-order valence-corrected chi connectivity index (χ2v) is 5.56. The molecule has 0 bridgehead atoms. The maximum Gasteiger partial charge on any atom is 0.268 e. The van der Waals surface area contributed by atoms with Crippen LogP contribution in [-0.2, 0) is 4.79 Å². The van der Waals surface area contributed by atoms with Crippen molar-refractivity contribution in [1.29, 1.82) is 5.26 Å². The molecule has 0 fully saturated rings. The van der Waals surface area contributed by atoms with Crippen LogP contribution >= 0.6 is 11.3 Å². The van der Waals surface area contributed by atoms with Crippen LogP contribution in [0.2, 0.25) is 0 Å². The third kappa shape index (κ3) is 3.56. The van der Waals surface area contributed by atoms with E-state index < -0.39 is 5.91 Å². The SMILES string of the molecule is N#C/C(=C\c1ccc(-c2ccc(F)cc2)o1)C(=O)Nc1nccs1. The van der Waals surface area contributed by atoms with Crippen LogP contribution in [-0.4, -0.2) is 10.9 Å². The topological polar surface area (TPSA) is 78.9 Å². The normalized spacial score (nSPS) is 11.1. The van der Waals surface area contributed by atoms with Crippen molar-refractivity contribution in [2.45, 2.75) is 0 Å². The number of nitrogens with zero attached hydrogens (tertiary/aromatic N) is 2. The number of anilines is 1. The summed E-state index contributed by atoms with van der Waals surface area (Å²) in [6, 6.07) is 11.0. The lowest BCUT2D eigenvalue weighted by Gasteiger charge is -1.99. The van der Waals surface area contributed by atoms with Gasteiger partial charge in [-0.3, -0.25) is 10.1 Å². The molecule has 0 unspecified atom stereocenters. The number of benzene rings is 1. The maximum absolute atomic E-state index is 12.9. The average molecular weight is 339 g/mol. The van der Waals surface area contributed by atoms with Crippen molar-refractivity contribution in [2.75, 3.05) is 5.32 Å². The van der Waals surface area contributed by atoms with E-state index in [4.69, 9.17) is 9.68 Å². The van der Waals surface area contributed by atoms with Crippen molar-refractivity contribution in [3.63, 3.8) is 0 Å². The molecular weight excluding hydrogens is 329 g/mol. The number of carbonyl (C=O) groups is 1. The van der Waals surface area contributed by atoms with Crippen LogP contribution in [0.15, 0.2) is 58.0 Å². The molecule has 1 aromatic carbocycles. The lowest BCUT2D eigenvalue weighted by Crippen LogP contribution is -2.13. The van der Waals surface area contributed by atoms with E-state index in [0.29, 0.717) is 22.2 Å². The second kappa shape index (κ2) is 6.89. The Labute approximate surface area is 140 Å². The number of hydrogen-bond donors (Lipinski definition) is 1. The Morgan fingerprint density at radius 1 is 1.29 bits per heavy atom. The molecule has 1 N–H and O–H groups in total. The van der Waals surface area contributed by atoms with Crippen LogP contribution in [0.3, 0.4) is 0 Å². The number of thiazole rings is 1. The van der Waals surface area contributed by atoms with Gasteiger partial charge in [-0.15, -0.1) is 11.3 Å². The number of amides is 1. The molecule has 0 radical (unpaired) electrons. The van der Waals surface area contributed by atoms with Gasteiger partial charge in [0.2, 0.25) is 0 Å². The zero-order valence-electron chi connectivity index (χ0n) is 12.2. The van der Waals surface area contributed by atoms with E-state index in [9.17, 15) is 9.18 Å². The molecular formula is C17H10FN3O2S. The van der Waals surface area contributed by atoms with Gasteiger partial charge in [-0.05, 0) is 36.4 Å². The fourth-order valence-electron chi connectivity index (χ4n) is 1.94. The quantitative estimate of drug-likeness (QED) is 0.573. The van der Waals surface area contributed by atoms with Crippen molar-refractivity contribution in [1.82, 2.24) is 4.98 Å². The summed E-state index contributed by atoms with van der Waals surface area (Å²) in [5, 5.41) is 13.8. The van der Waals surface area contributed by atoms with Gasteiger partial charge < -0.3 is 4.42 Å². The predicted molar refractivity (Wildman–Crippen MR) is 88.4 cm³/mol. The first-order chi connectivity index (χ1) is 11.7. The summed E-state index contributed by atoms with van der Waals surface area (Å²) in [5.41, 5.74) is 0.590. The minimum Gasteiger partial charge on any atom is -0.457 e. The van der Waals surface area contributed by atoms with E-state index in [-0.39, 0.29) is 11.4 Å².